The van der Waals surface area contributed by atoms with Crippen molar-refractivity contribution in [3.63, 3.8) is 0 Å². The Balaban J connectivity index is 1.83. The summed E-state index contributed by atoms with van der Waals surface area (Å²) in [5.41, 5.74) is 1.23. The molecular formula is C15H25BrN4. The van der Waals surface area contributed by atoms with Crippen molar-refractivity contribution in [1.82, 2.24) is 15.1 Å². The van der Waals surface area contributed by atoms with Crippen LogP contribution in [0.15, 0.2) is 4.47 Å². The SMILES string of the molecule is CCCCc1nn2c(c1Br)NCCC2C1CCCNC1. The number of aromatic nitrogens is 2. The van der Waals surface area contributed by atoms with Gasteiger partial charge >= 0.3 is 0 Å². The van der Waals surface area contributed by atoms with E-state index in [9.17, 15) is 0 Å². The molecule has 1 aromatic heterocycles. The predicted octanol–water partition coefficient (Wildman–Crippen LogP) is 3.34. The largest absolute Gasteiger partial charge is 0.369 e. The summed E-state index contributed by atoms with van der Waals surface area (Å²) in [6.45, 7) is 5.63. The van der Waals surface area contributed by atoms with E-state index in [0.717, 1.165) is 25.4 Å². The van der Waals surface area contributed by atoms with E-state index >= 15 is 0 Å². The molecule has 3 heterocycles. The Kier molecular flexibility index (Phi) is 4.66. The quantitative estimate of drug-likeness (QED) is 0.883. The van der Waals surface area contributed by atoms with Crippen LogP contribution in [0, 0.1) is 5.92 Å². The lowest BCUT2D eigenvalue weighted by atomic mass is 9.89. The molecule has 4 nitrogen and oxygen atoms in total. The topological polar surface area (TPSA) is 41.9 Å². The standard InChI is InChI=1S/C15H25BrN4/c1-2-3-6-12-14(16)15-18-9-7-13(20(15)19-12)11-5-4-8-17-10-11/h11,13,17-18H,2-10H2,1H3. The van der Waals surface area contributed by atoms with E-state index in [-0.39, 0.29) is 0 Å². The molecule has 0 spiro atoms. The van der Waals surface area contributed by atoms with Crippen LogP contribution >= 0.6 is 15.9 Å². The lowest BCUT2D eigenvalue weighted by Gasteiger charge is -2.34. The number of hydrogen-bond acceptors (Lipinski definition) is 3. The number of fused-ring (bicyclic) bond motifs is 1. The van der Waals surface area contributed by atoms with Crippen LogP contribution in [0.5, 0.6) is 0 Å². The zero-order valence-electron chi connectivity index (χ0n) is 12.3. The molecule has 1 fully saturated rings. The van der Waals surface area contributed by atoms with Gasteiger partial charge in [-0.15, -0.1) is 0 Å². The highest BCUT2D eigenvalue weighted by Gasteiger charge is 2.31. The molecule has 5 heteroatoms. The second-order valence-electron chi connectivity index (χ2n) is 6.05. The Morgan fingerprint density at radius 1 is 1.35 bits per heavy atom. The van der Waals surface area contributed by atoms with Gasteiger partial charge in [0.15, 0.2) is 0 Å². The molecule has 2 unspecified atom stereocenters. The summed E-state index contributed by atoms with van der Waals surface area (Å²) >= 11 is 3.76. The Bertz CT molecular complexity index is 451. The molecule has 0 aromatic carbocycles. The Hall–Kier alpha value is -0.550. The maximum Gasteiger partial charge on any atom is 0.139 e. The van der Waals surface area contributed by atoms with Gasteiger partial charge < -0.3 is 10.6 Å². The normalized spacial score (nSPS) is 26.1. The van der Waals surface area contributed by atoms with Gasteiger partial charge in [-0.2, -0.15) is 5.10 Å². The lowest BCUT2D eigenvalue weighted by molar-refractivity contribution is 0.235. The summed E-state index contributed by atoms with van der Waals surface area (Å²) in [4.78, 5) is 0. The summed E-state index contributed by atoms with van der Waals surface area (Å²) < 4.78 is 3.47. The van der Waals surface area contributed by atoms with Crippen LogP contribution < -0.4 is 10.6 Å². The molecule has 1 saturated heterocycles. The number of piperidine rings is 1. The number of unbranched alkanes of at least 4 members (excludes halogenated alkanes) is 1. The Labute approximate surface area is 129 Å². The third-order valence-corrected chi connectivity index (χ3v) is 5.45. The van der Waals surface area contributed by atoms with Crippen molar-refractivity contribution in [2.45, 2.75) is 51.5 Å². The van der Waals surface area contributed by atoms with E-state index in [0.29, 0.717) is 6.04 Å². The molecule has 3 rings (SSSR count). The molecule has 0 bridgehead atoms. The van der Waals surface area contributed by atoms with E-state index < -0.39 is 0 Å². The minimum Gasteiger partial charge on any atom is -0.369 e. The highest BCUT2D eigenvalue weighted by Crippen LogP contribution is 2.38. The zero-order valence-corrected chi connectivity index (χ0v) is 13.9. The average Bonchev–Trinajstić information content (AvgIpc) is 2.83. The first kappa shape index (κ1) is 14.4. The van der Waals surface area contributed by atoms with Crippen LogP contribution in [0.4, 0.5) is 5.82 Å². The monoisotopic (exact) mass is 340 g/mol. The molecule has 0 radical (unpaired) electrons. The maximum absolute atomic E-state index is 4.92. The molecule has 2 aliphatic heterocycles. The lowest BCUT2D eigenvalue weighted by Crippen LogP contribution is -2.38. The molecular weight excluding hydrogens is 316 g/mol. The van der Waals surface area contributed by atoms with Crippen molar-refractivity contribution in [2.75, 3.05) is 25.0 Å². The van der Waals surface area contributed by atoms with Gasteiger partial charge in [-0.1, -0.05) is 13.3 Å². The molecule has 2 N–H and O–H groups in total. The van der Waals surface area contributed by atoms with Crippen molar-refractivity contribution in [2.24, 2.45) is 5.92 Å². The summed E-state index contributed by atoms with van der Waals surface area (Å²) in [7, 11) is 0. The fourth-order valence-electron chi connectivity index (χ4n) is 3.47. The highest BCUT2D eigenvalue weighted by molar-refractivity contribution is 9.10. The molecule has 0 saturated carbocycles. The van der Waals surface area contributed by atoms with Gasteiger partial charge in [-0.3, -0.25) is 0 Å². The van der Waals surface area contributed by atoms with Crippen molar-refractivity contribution < 1.29 is 0 Å². The van der Waals surface area contributed by atoms with Crippen molar-refractivity contribution in [3.05, 3.63) is 10.2 Å². The van der Waals surface area contributed by atoms with E-state index in [1.54, 1.807) is 0 Å². The Morgan fingerprint density at radius 2 is 2.25 bits per heavy atom. The second-order valence-corrected chi connectivity index (χ2v) is 6.84. The van der Waals surface area contributed by atoms with Gasteiger partial charge in [-0.05, 0) is 67.0 Å². The van der Waals surface area contributed by atoms with Crippen molar-refractivity contribution in [3.8, 4) is 0 Å². The second kappa shape index (κ2) is 6.48. The number of rotatable bonds is 4. The first-order chi connectivity index (χ1) is 9.81. The van der Waals surface area contributed by atoms with Gasteiger partial charge in [0.25, 0.3) is 0 Å². The molecule has 2 aliphatic rings. The van der Waals surface area contributed by atoms with Gasteiger partial charge in [0.1, 0.15) is 5.82 Å². The number of nitrogens with one attached hydrogen (secondary N) is 2. The molecule has 0 aliphatic carbocycles. The van der Waals surface area contributed by atoms with Crippen LogP contribution in [0.25, 0.3) is 0 Å². The fraction of sp³-hybridized carbons (Fsp3) is 0.800. The van der Waals surface area contributed by atoms with Crippen LogP contribution in [-0.2, 0) is 6.42 Å². The fourth-order valence-corrected chi connectivity index (χ4v) is 4.07. The van der Waals surface area contributed by atoms with E-state index in [4.69, 9.17) is 5.10 Å². The molecule has 2 atom stereocenters. The van der Waals surface area contributed by atoms with Gasteiger partial charge in [0.05, 0.1) is 16.2 Å². The first-order valence-electron chi connectivity index (χ1n) is 8.02. The van der Waals surface area contributed by atoms with Crippen LogP contribution in [0.2, 0.25) is 0 Å². The molecule has 1 aromatic rings. The minimum atomic E-state index is 0.561. The van der Waals surface area contributed by atoms with Crippen LogP contribution in [-0.4, -0.2) is 29.4 Å². The van der Waals surface area contributed by atoms with Crippen LogP contribution in [0.1, 0.15) is 50.8 Å². The predicted molar refractivity (Wildman–Crippen MR) is 86.3 cm³/mol. The Morgan fingerprint density at radius 3 is 3.00 bits per heavy atom. The average molecular weight is 341 g/mol. The summed E-state index contributed by atoms with van der Waals surface area (Å²) in [6, 6.07) is 0.561. The van der Waals surface area contributed by atoms with E-state index in [1.165, 1.54) is 54.6 Å². The number of hydrogen-bond donors (Lipinski definition) is 2. The number of anilines is 1. The van der Waals surface area contributed by atoms with Crippen molar-refractivity contribution in [1.29, 1.82) is 0 Å². The highest BCUT2D eigenvalue weighted by atomic mass is 79.9. The third kappa shape index (κ3) is 2.75. The number of nitrogens with zero attached hydrogens (tertiary/aromatic N) is 2. The molecule has 20 heavy (non-hydrogen) atoms. The summed E-state index contributed by atoms with van der Waals surface area (Å²) in [5, 5.41) is 12.0. The van der Waals surface area contributed by atoms with Crippen molar-refractivity contribution >= 4 is 21.7 Å². The van der Waals surface area contributed by atoms with Crippen LogP contribution in [0.3, 0.4) is 0 Å². The zero-order chi connectivity index (χ0) is 13.9. The van der Waals surface area contributed by atoms with Gasteiger partial charge in [-0.25, -0.2) is 4.68 Å². The van der Waals surface area contributed by atoms with E-state index in [2.05, 4.69) is 38.2 Å². The minimum absolute atomic E-state index is 0.561. The van der Waals surface area contributed by atoms with E-state index in [1.807, 2.05) is 0 Å². The smallest absolute Gasteiger partial charge is 0.139 e. The third-order valence-electron chi connectivity index (χ3n) is 4.61. The summed E-state index contributed by atoms with van der Waals surface area (Å²) in [5.74, 6) is 1.94. The number of aryl methyl sites for hydroxylation is 1. The van der Waals surface area contributed by atoms with Gasteiger partial charge in [0, 0.05) is 6.54 Å². The molecule has 0 amide bonds. The molecule has 112 valence electrons. The first-order valence-corrected chi connectivity index (χ1v) is 8.82. The number of halogens is 1. The van der Waals surface area contributed by atoms with Gasteiger partial charge in [0.2, 0.25) is 0 Å². The maximum atomic E-state index is 4.92. The summed E-state index contributed by atoms with van der Waals surface area (Å²) in [6.07, 6.45) is 7.34.